The number of urea groups is 1. The second-order valence-electron chi connectivity index (χ2n) is 6.88. The van der Waals surface area contributed by atoms with Crippen molar-refractivity contribution in [3.8, 4) is 5.75 Å². The first-order chi connectivity index (χ1) is 15.8. The molecule has 1 aliphatic rings. The van der Waals surface area contributed by atoms with E-state index in [1.165, 1.54) is 31.4 Å². The van der Waals surface area contributed by atoms with Gasteiger partial charge in [-0.15, -0.1) is 6.58 Å². The molecule has 0 aliphatic carbocycles. The third-order valence-electron chi connectivity index (χ3n) is 4.79. The number of carbonyl (C=O) groups excluding carboxylic acids is 3. The summed E-state index contributed by atoms with van der Waals surface area (Å²) in [6.07, 6.45) is 1.43. The largest absolute Gasteiger partial charge is 0.495 e. The molecule has 0 radical (unpaired) electrons. The predicted octanol–water partition coefficient (Wildman–Crippen LogP) is 1.79. The van der Waals surface area contributed by atoms with Gasteiger partial charge in [0.1, 0.15) is 5.75 Å². The Hall–Kier alpha value is -3.86. The van der Waals surface area contributed by atoms with Crippen molar-refractivity contribution < 1.29 is 32.3 Å². The van der Waals surface area contributed by atoms with Crippen molar-refractivity contribution in [3.63, 3.8) is 0 Å². The van der Waals surface area contributed by atoms with Crippen LogP contribution in [0.1, 0.15) is 10.4 Å². The molecule has 1 N–H and O–H groups in total. The van der Waals surface area contributed by atoms with Gasteiger partial charge < -0.3 is 14.8 Å². The molecule has 33 heavy (non-hydrogen) atoms. The Morgan fingerprint density at radius 2 is 1.97 bits per heavy atom. The van der Waals surface area contributed by atoms with E-state index in [0.717, 1.165) is 15.3 Å². The Morgan fingerprint density at radius 3 is 2.64 bits per heavy atom. The van der Waals surface area contributed by atoms with E-state index in [0.29, 0.717) is 18.0 Å². The number of anilines is 1. The second-order valence-corrected chi connectivity index (χ2v) is 8.74. The molecule has 0 saturated carbocycles. The molecular weight excluding hydrogens is 450 g/mol. The number of para-hydroxylation sites is 2. The van der Waals surface area contributed by atoms with E-state index >= 15 is 0 Å². The number of hydrogen-bond acceptors (Lipinski definition) is 7. The normalized spacial score (nSPS) is 13.2. The molecule has 10 nitrogen and oxygen atoms in total. The maximum absolute atomic E-state index is 13.4. The van der Waals surface area contributed by atoms with Crippen molar-refractivity contribution in [2.24, 2.45) is 0 Å². The summed E-state index contributed by atoms with van der Waals surface area (Å²) in [6.45, 7) is 3.45. The van der Waals surface area contributed by atoms with Gasteiger partial charge in [-0.2, -0.15) is 0 Å². The molecule has 1 fully saturated rings. The standard InChI is InChI=1S/C22H23N3O7S/c1-3-12-25(18-9-4-5-10-19(18)31-2)33(29,30)17-8-6-7-16(14-17)21(27)32-15-20(26)24-13-11-23-22(24)28/h3-10,14H,1,11-13,15H2,2H3,(H,23,28). The third-order valence-corrected chi connectivity index (χ3v) is 6.57. The fraction of sp³-hybridized carbons (Fsp3) is 0.227. The number of rotatable bonds is 9. The molecule has 1 saturated heterocycles. The summed E-state index contributed by atoms with van der Waals surface area (Å²) in [5.41, 5.74) is 0.246. The second kappa shape index (κ2) is 10.2. The van der Waals surface area contributed by atoms with Gasteiger partial charge in [0.15, 0.2) is 6.61 Å². The third kappa shape index (κ3) is 5.14. The predicted molar refractivity (Wildman–Crippen MR) is 120 cm³/mol. The minimum atomic E-state index is -4.11. The smallest absolute Gasteiger partial charge is 0.338 e. The van der Waals surface area contributed by atoms with Crippen LogP contribution >= 0.6 is 0 Å². The fourth-order valence-corrected chi connectivity index (χ4v) is 4.68. The number of sulfonamides is 1. The molecule has 0 aromatic heterocycles. The lowest BCUT2D eigenvalue weighted by atomic mass is 10.2. The Bertz CT molecular complexity index is 1180. The lowest BCUT2D eigenvalue weighted by molar-refractivity contribution is -0.130. The number of esters is 1. The van der Waals surface area contributed by atoms with Crippen LogP contribution in [0.25, 0.3) is 0 Å². The van der Waals surface area contributed by atoms with Gasteiger partial charge in [-0.25, -0.2) is 18.0 Å². The Balaban J connectivity index is 1.83. The number of methoxy groups -OCH3 is 1. The highest BCUT2D eigenvalue weighted by molar-refractivity contribution is 7.92. The Labute approximate surface area is 191 Å². The molecule has 1 heterocycles. The van der Waals surface area contributed by atoms with Crippen LogP contribution in [-0.4, -0.2) is 64.6 Å². The van der Waals surface area contributed by atoms with Crippen molar-refractivity contribution in [2.45, 2.75) is 4.90 Å². The highest BCUT2D eigenvalue weighted by Crippen LogP contribution is 2.32. The fourth-order valence-electron chi connectivity index (χ4n) is 3.19. The van der Waals surface area contributed by atoms with Gasteiger partial charge in [0.25, 0.3) is 15.9 Å². The Morgan fingerprint density at radius 1 is 1.21 bits per heavy atom. The van der Waals surface area contributed by atoms with Gasteiger partial charge in [0.2, 0.25) is 0 Å². The Kier molecular flexibility index (Phi) is 7.34. The van der Waals surface area contributed by atoms with Crippen LogP contribution in [0.4, 0.5) is 10.5 Å². The van der Waals surface area contributed by atoms with Crippen LogP contribution in [0.2, 0.25) is 0 Å². The van der Waals surface area contributed by atoms with Crippen LogP contribution in [0.3, 0.4) is 0 Å². The van der Waals surface area contributed by atoms with Gasteiger partial charge in [0, 0.05) is 13.1 Å². The molecule has 11 heteroatoms. The number of ether oxygens (including phenoxy) is 2. The van der Waals surface area contributed by atoms with Gasteiger partial charge in [-0.3, -0.25) is 14.0 Å². The maximum atomic E-state index is 13.4. The minimum absolute atomic E-state index is 0.0379. The summed E-state index contributed by atoms with van der Waals surface area (Å²) in [5, 5.41) is 2.47. The van der Waals surface area contributed by atoms with Gasteiger partial charge >= 0.3 is 12.0 Å². The molecule has 174 valence electrons. The topological polar surface area (TPSA) is 122 Å². The molecule has 3 amide bonds. The van der Waals surface area contributed by atoms with Crippen LogP contribution in [-0.2, 0) is 19.6 Å². The van der Waals surface area contributed by atoms with E-state index < -0.39 is 34.5 Å². The SMILES string of the molecule is C=CCN(c1ccccc1OC)S(=O)(=O)c1cccc(C(=O)OCC(=O)N2CCNC2=O)c1. The van der Waals surface area contributed by atoms with E-state index in [-0.39, 0.29) is 23.5 Å². The van der Waals surface area contributed by atoms with Crippen molar-refractivity contribution in [1.82, 2.24) is 10.2 Å². The molecule has 0 spiro atoms. The van der Waals surface area contributed by atoms with Crippen molar-refractivity contribution >= 4 is 33.6 Å². The van der Waals surface area contributed by atoms with Crippen molar-refractivity contribution in [1.29, 1.82) is 0 Å². The van der Waals surface area contributed by atoms with E-state index in [2.05, 4.69) is 11.9 Å². The number of nitrogens with one attached hydrogen (secondary N) is 1. The summed E-state index contributed by atoms with van der Waals surface area (Å²) in [7, 11) is -2.68. The highest BCUT2D eigenvalue weighted by Gasteiger charge is 2.29. The number of amides is 3. The number of carbonyl (C=O) groups is 3. The summed E-state index contributed by atoms with van der Waals surface area (Å²) >= 11 is 0. The number of imide groups is 1. The average molecular weight is 474 g/mol. The molecule has 2 aromatic rings. The van der Waals surface area contributed by atoms with Crippen molar-refractivity contribution in [3.05, 3.63) is 66.7 Å². The minimum Gasteiger partial charge on any atom is -0.495 e. The monoisotopic (exact) mass is 473 g/mol. The van der Waals surface area contributed by atoms with E-state index in [1.54, 1.807) is 24.3 Å². The zero-order valence-electron chi connectivity index (χ0n) is 17.9. The average Bonchev–Trinajstić information content (AvgIpc) is 3.26. The molecule has 0 atom stereocenters. The van der Waals surface area contributed by atoms with Gasteiger partial charge in [0.05, 0.1) is 29.8 Å². The quantitative estimate of drug-likeness (QED) is 0.435. The molecular formula is C22H23N3O7S. The zero-order chi connectivity index (χ0) is 24.0. The molecule has 1 aliphatic heterocycles. The molecule has 0 unspecified atom stereocenters. The van der Waals surface area contributed by atoms with Crippen LogP contribution in [0.5, 0.6) is 5.75 Å². The van der Waals surface area contributed by atoms with E-state index in [4.69, 9.17) is 9.47 Å². The number of nitrogens with zero attached hydrogens (tertiary/aromatic N) is 2. The maximum Gasteiger partial charge on any atom is 0.338 e. The van der Waals surface area contributed by atoms with Crippen LogP contribution < -0.4 is 14.4 Å². The van der Waals surface area contributed by atoms with Crippen LogP contribution in [0, 0.1) is 0 Å². The molecule has 0 bridgehead atoms. The van der Waals surface area contributed by atoms with Crippen molar-refractivity contribution in [2.75, 3.05) is 37.7 Å². The van der Waals surface area contributed by atoms with Gasteiger partial charge in [-0.1, -0.05) is 24.3 Å². The summed E-state index contributed by atoms with van der Waals surface area (Å²) in [4.78, 5) is 36.8. The van der Waals surface area contributed by atoms with Gasteiger partial charge in [-0.05, 0) is 30.3 Å². The number of hydrogen-bond donors (Lipinski definition) is 1. The summed E-state index contributed by atoms with van der Waals surface area (Å²) in [5.74, 6) is -1.22. The van der Waals surface area contributed by atoms with E-state index in [9.17, 15) is 22.8 Å². The lowest BCUT2D eigenvalue weighted by Gasteiger charge is -2.25. The first-order valence-electron chi connectivity index (χ1n) is 9.91. The number of benzene rings is 2. The zero-order valence-corrected chi connectivity index (χ0v) is 18.7. The summed E-state index contributed by atoms with van der Waals surface area (Å²) in [6, 6.07) is 11.3. The first-order valence-corrected chi connectivity index (χ1v) is 11.4. The lowest BCUT2D eigenvalue weighted by Crippen LogP contribution is -2.37. The first kappa shape index (κ1) is 23.8. The summed E-state index contributed by atoms with van der Waals surface area (Å²) < 4.78 is 38.2. The van der Waals surface area contributed by atoms with Crippen LogP contribution in [0.15, 0.2) is 66.1 Å². The molecule has 2 aromatic carbocycles. The molecule has 3 rings (SSSR count). The highest BCUT2D eigenvalue weighted by atomic mass is 32.2. The van der Waals surface area contributed by atoms with E-state index in [1.807, 2.05) is 0 Å².